The zero-order valence-corrected chi connectivity index (χ0v) is 8.66. The van der Waals surface area contributed by atoms with Crippen LogP contribution in [0.15, 0.2) is 12.4 Å². The molecule has 0 aliphatic heterocycles. The molecule has 1 aliphatic rings. The quantitative estimate of drug-likeness (QED) is 0.794. The number of aryl methyl sites for hydroxylation is 1. The van der Waals surface area contributed by atoms with Crippen molar-refractivity contribution in [2.75, 3.05) is 11.9 Å². The molecule has 0 bridgehead atoms. The van der Waals surface area contributed by atoms with Gasteiger partial charge in [-0.2, -0.15) is 0 Å². The van der Waals surface area contributed by atoms with Gasteiger partial charge in [-0.3, -0.25) is 0 Å². The largest absolute Gasteiger partial charge is 0.354 e. The van der Waals surface area contributed by atoms with Crippen molar-refractivity contribution >= 4 is 5.95 Å². The van der Waals surface area contributed by atoms with Crippen molar-refractivity contribution in [3.63, 3.8) is 0 Å². The van der Waals surface area contributed by atoms with Gasteiger partial charge in [-0.25, -0.2) is 9.97 Å². The maximum atomic E-state index is 4.20. The van der Waals surface area contributed by atoms with Crippen molar-refractivity contribution in [2.24, 2.45) is 5.92 Å². The highest BCUT2D eigenvalue weighted by molar-refractivity contribution is 5.23. The molecule has 0 saturated heterocycles. The summed E-state index contributed by atoms with van der Waals surface area (Å²) in [6.07, 6.45) is 9.20. The smallest absolute Gasteiger partial charge is 0.222 e. The second-order valence-corrected chi connectivity index (χ2v) is 4.10. The van der Waals surface area contributed by atoms with E-state index in [-0.39, 0.29) is 0 Å². The van der Waals surface area contributed by atoms with Gasteiger partial charge in [-0.05, 0) is 24.8 Å². The van der Waals surface area contributed by atoms with Gasteiger partial charge < -0.3 is 5.32 Å². The fourth-order valence-electron chi connectivity index (χ4n) is 1.65. The molecule has 1 aromatic rings. The van der Waals surface area contributed by atoms with Gasteiger partial charge in [0.1, 0.15) is 0 Å². The summed E-state index contributed by atoms with van der Waals surface area (Å²) in [5.74, 6) is 1.71. The number of nitrogens with one attached hydrogen (secondary N) is 1. The van der Waals surface area contributed by atoms with Crippen LogP contribution >= 0.6 is 0 Å². The van der Waals surface area contributed by atoms with Gasteiger partial charge in [-0.15, -0.1) is 0 Å². The Kier molecular flexibility index (Phi) is 2.96. The van der Waals surface area contributed by atoms with Crippen molar-refractivity contribution in [1.29, 1.82) is 0 Å². The summed E-state index contributed by atoms with van der Waals surface area (Å²) in [5.41, 5.74) is 1.11. The maximum Gasteiger partial charge on any atom is 0.222 e. The molecule has 1 saturated carbocycles. The molecule has 1 N–H and O–H groups in total. The van der Waals surface area contributed by atoms with Crippen LogP contribution in [0.4, 0.5) is 5.95 Å². The van der Waals surface area contributed by atoms with Gasteiger partial charge in [0.15, 0.2) is 0 Å². The lowest BCUT2D eigenvalue weighted by molar-refractivity contribution is 0.303. The number of rotatable bonds is 4. The molecule has 0 amide bonds. The third kappa shape index (κ3) is 2.44. The highest BCUT2D eigenvalue weighted by atomic mass is 15.1. The van der Waals surface area contributed by atoms with Crippen LogP contribution in [-0.4, -0.2) is 16.5 Å². The average Bonchev–Trinajstić information content (AvgIpc) is 2.12. The van der Waals surface area contributed by atoms with E-state index in [1.807, 2.05) is 19.3 Å². The van der Waals surface area contributed by atoms with Crippen molar-refractivity contribution in [2.45, 2.75) is 32.6 Å². The second kappa shape index (κ2) is 4.40. The molecule has 2 rings (SSSR count). The summed E-state index contributed by atoms with van der Waals surface area (Å²) >= 11 is 0. The summed E-state index contributed by atoms with van der Waals surface area (Å²) in [7, 11) is 0. The third-order valence-electron chi connectivity index (χ3n) is 2.84. The van der Waals surface area contributed by atoms with E-state index in [1.165, 1.54) is 25.7 Å². The Labute approximate surface area is 85.0 Å². The molecule has 0 aromatic carbocycles. The number of nitrogens with zero attached hydrogens (tertiary/aromatic N) is 2. The van der Waals surface area contributed by atoms with Crippen LogP contribution in [0.1, 0.15) is 31.2 Å². The minimum absolute atomic E-state index is 0.759. The fraction of sp³-hybridized carbons (Fsp3) is 0.636. The summed E-state index contributed by atoms with van der Waals surface area (Å²) < 4.78 is 0. The molecular formula is C11H17N3. The van der Waals surface area contributed by atoms with E-state index in [0.717, 1.165) is 24.0 Å². The lowest BCUT2D eigenvalue weighted by Gasteiger charge is -2.25. The predicted octanol–water partition coefficient (Wildman–Crippen LogP) is 2.39. The fourth-order valence-corrected chi connectivity index (χ4v) is 1.65. The molecule has 1 aliphatic carbocycles. The van der Waals surface area contributed by atoms with E-state index in [1.54, 1.807) is 0 Å². The van der Waals surface area contributed by atoms with Crippen LogP contribution in [0, 0.1) is 12.8 Å². The first kappa shape index (κ1) is 9.44. The Hall–Kier alpha value is -1.12. The first-order chi connectivity index (χ1) is 6.84. The predicted molar refractivity (Wildman–Crippen MR) is 57.2 cm³/mol. The van der Waals surface area contributed by atoms with Crippen molar-refractivity contribution < 1.29 is 0 Å². The highest BCUT2D eigenvalue weighted by Gasteiger charge is 2.16. The van der Waals surface area contributed by atoms with Crippen LogP contribution in [0.25, 0.3) is 0 Å². The van der Waals surface area contributed by atoms with E-state index in [4.69, 9.17) is 0 Å². The van der Waals surface area contributed by atoms with Gasteiger partial charge in [0.25, 0.3) is 0 Å². The van der Waals surface area contributed by atoms with E-state index in [2.05, 4.69) is 15.3 Å². The van der Waals surface area contributed by atoms with Crippen molar-refractivity contribution in [3.05, 3.63) is 18.0 Å². The molecule has 3 nitrogen and oxygen atoms in total. The third-order valence-corrected chi connectivity index (χ3v) is 2.84. The van der Waals surface area contributed by atoms with E-state index in [0.29, 0.717) is 0 Å². The molecular weight excluding hydrogens is 174 g/mol. The van der Waals surface area contributed by atoms with Crippen LogP contribution < -0.4 is 5.32 Å². The minimum atomic E-state index is 0.759. The topological polar surface area (TPSA) is 37.8 Å². The first-order valence-electron chi connectivity index (χ1n) is 5.37. The molecule has 76 valence electrons. The summed E-state index contributed by atoms with van der Waals surface area (Å²) in [6, 6.07) is 0. The Morgan fingerprint density at radius 2 is 2.07 bits per heavy atom. The van der Waals surface area contributed by atoms with Gasteiger partial charge in [-0.1, -0.05) is 19.3 Å². The molecule has 0 spiro atoms. The standard InChI is InChI=1S/C11H17N3/c1-9-7-13-11(14-8-9)12-6-5-10-3-2-4-10/h7-8,10H,2-6H2,1H3,(H,12,13,14). The Bertz CT molecular complexity index is 277. The molecule has 14 heavy (non-hydrogen) atoms. The summed E-state index contributed by atoms with van der Waals surface area (Å²) in [5, 5.41) is 3.25. The SMILES string of the molecule is Cc1cnc(NCCC2CCC2)nc1. The highest BCUT2D eigenvalue weighted by Crippen LogP contribution is 2.28. The number of anilines is 1. The monoisotopic (exact) mass is 191 g/mol. The number of hydrogen-bond donors (Lipinski definition) is 1. The molecule has 0 unspecified atom stereocenters. The van der Waals surface area contributed by atoms with Crippen LogP contribution in [0.3, 0.4) is 0 Å². The average molecular weight is 191 g/mol. The van der Waals surface area contributed by atoms with Crippen molar-refractivity contribution in [1.82, 2.24) is 9.97 Å². The summed E-state index contributed by atoms with van der Waals surface area (Å²) in [4.78, 5) is 8.39. The zero-order chi connectivity index (χ0) is 9.80. The van der Waals surface area contributed by atoms with E-state index < -0.39 is 0 Å². The number of hydrogen-bond acceptors (Lipinski definition) is 3. The van der Waals surface area contributed by atoms with Crippen LogP contribution in [-0.2, 0) is 0 Å². The van der Waals surface area contributed by atoms with Gasteiger partial charge in [0.2, 0.25) is 5.95 Å². The molecule has 1 heterocycles. The van der Waals surface area contributed by atoms with Gasteiger partial charge in [0, 0.05) is 18.9 Å². The maximum absolute atomic E-state index is 4.20. The molecule has 3 heteroatoms. The van der Waals surface area contributed by atoms with Crippen LogP contribution in [0.5, 0.6) is 0 Å². The lowest BCUT2D eigenvalue weighted by Crippen LogP contribution is -2.16. The lowest BCUT2D eigenvalue weighted by atomic mass is 9.83. The molecule has 0 atom stereocenters. The minimum Gasteiger partial charge on any atom is -0.354 e. The van der Waals surface area contributed by atoms with E-state index >= 15 is 0 Å². The second-order valence-electron chi connectivity index (χ2n) is 4.10. The summed E-state index contributed by atoms with van der Waals surface area (Å²) in [6.45, 7) is 3.01. The molecule has 1 aromatic heterocycles. The molecule has 1 fully saturated rings. The van der Waals surface area contributed by atoms with Crippen molar-refractivity contribution in [3.8, 4) is 0 Å². The zero-order valence-electron chi connectivity index (χ0n) is 8.66. The van der Waals surface area contributed by atoms with Gasteiger partial charge >= 0.3 is 0 Å². The Morgan fingerprint density at radius 3 is 2.64 bits per heavy atom. The van der Waals surface area contributed by atoms with E-state index in [9.17, 15) is 0 Å². The van der Waals surface area contributed by atoms with Gasteiger partial charge in [0.05, 0.1) is 0 Å². The normalized spacial score (nSPS) is 16.4. The number of aromatic nitrogens is 2. The Morgan fingerprint density at radius 1 is 1.36 bits per heavy atom. The van der Waals surface area contributed by atoms with Crippen LogP contribution in [0.2, 0.25) is 0 Å². The first-order valence-corrected chi connectivity index (χ1v) is 5.37. The molecule has 0 radical (unpaired) electrons. The Balaban J connectivity index is 1.71.